The largest absolute Gasteiger partial charge is 0.321 e. The van der Waals surface area contributed by atoms with Gasteiger partial charge >= 0.3 is 0 Å². The molecule has 1 heterocycles. The lowest BCUT2D eigenvalue weighted by molar-refractivity contribution is -0.122. The lowest BCUT2D eigenvalue weighted by Gasteiger charge is -2.32. The number of carbonyl (C=O) groups is 1. The van der Waals surface area contributed by atoms with Gasteiger partial charge in [0.05, 0.1) is 5.69 Å². The molecule has 2 saturated carbocycles. The van der Waals surface area contributed by atoms with Gasteiger partial charge in [-0.05, 0) is 38.5 Å². The SMILES string of the molecule is Cc1nc(NC(=O)C2CC(NC#N)C2)sc1C1CCCCC1. The Balaban J connectivity index is 1.57. The third kappa shape index (κ3) is 3.25. The van der Waals surface area contributed by atoms with Gasteiger partial charge in [0.2, 0.25) is 5.91 Å². The maximum Gasteiger partial charge on any atom is 0.229 e. The maximum absolute atomic E-state index is 12.2. The first-order valence-electron chi connectivity index (χ1n) is 8.10. The van der Waals surface area contributed by atoms with Gasteiger partial charge in [0.15, 0.2) is 11.3 Å². The van der Waals surface area contributed by atoms with Crippen molar-refractivity contribution >= 4 is 22.4 Å². The lowest BCUT2D eigenvalue weighted by atomic mass is 9.80. The molecule has 0 bridgehead atoms. The van der Waals surface area contributed by atoms with E-state index in [-0.39, 0.29) is 17.9 Å². The fraction of sp³-hybridized carbons (Fsp3) is 0.688. The van der Waals surface area contributed by atoms with Crippen molar-refractivity contribution in [3.05, 3.63) is 10.6 Å². The number of rotatable bonds is 4. The van der Waals surface area contributed by atoms with Crippen LogP contribution in [0, 0.1) is 24.3 Å². The second-order valence-corrected chi connectivity index (χ2v) is 7.44. The van der Waals surface area contributed by atoms with Crippen LogP contribution in [-0.4, -0.2) is 16.9 Å². The molecule has 2 N–H and O–H groups in total. The van der Waals surface area contributed by atoms with E-state index in [4.69, 9.17) is 5.26 Å². The zero-order valence-electron chi connectivity index (χ0n) is 12.9. The highest BCUT2D eigenvalue weighted by atomic mass is 32.1. The summed E-state index contributed by atoms with van der Waals surface area (Å²) in [4.78, 5) is 18.1. The molecule has 1 aromatic rings. The van der Waals surface area contributed by atoms with E-state index in [0.29, 0.717) is 5.92 Å². The molecule has 0 unspecified atom stereocenters. The van der Waals surface area contributed by atoms with E-state index in [1.54, 1.807) is 11.3 Å². The minimum atomic E-state index is 0.00758. The van der Waals surface area contributed by atoms with Crippen molar-refractivity contribution in [1.29, 1.82) is 5.26 Å². The fourth-order valence-electron chi connectivity index (χ4n) is 3.45. The summed E-state index contributed by atoms with van der Waals surface area (Å²) < 4.78 is 0. The molecule has 2 aliphatic carbocycles. The highest BCUT2D eigenvalue weighted by molar-refractivity contribution is 7.16. The third-order valence-electron chi connectivity index (χ3n) is 4.82. The molecular weight excluding hydrogens is 296 g/mol. The second kappa shape index (κ2) is 6.66. The summed E-state index contributed by atoms with van der Waals surface area (Å²) in [5, 5.41) is 14.9. The van der Waals surface area contributed by atoms with Crippen molar-refractivity contribution in [2.45, 2.75) is 63.8 Å². The monoisotopic (exact) mass is 318 g/mol. The van der Waals surface area contributed by atoms with Crippen molar-refractivity contribution in [1.82, 2.24) is 10.3 Å². The lowest BCUT2D eigenvalue weighted by Crippen LogP contribution is -2.44. The van der Waals surface area contributed by atoms with Crippen LogP contribution in [0.5, 0.6) is 0 Å². The smallest absolute Gasteiger partial charge is 0.229 e. The molecule has 22 heavy (non-hydrogen) atoms. The molecule has 0 radical (unpaired) electrons. The first kappa shape index (κ1) is 15.3. The second-order valence-electron chi connectivity index (χ2n) is 6.41. The number of aromatic nitrogens is 1. The number of anilines is 1. The van der Waals surface area contributed by atoms with E-state index < -0.39 is 0 Å². The molecule has 0 aliphatic heterocycles. The Morgan fingerprint density at radius 1 is 1.32 bits per heavy atom. The van der Waals surface area contributed by atoms with E-state index in [1.165, 1.54) is 37.0 Å². The molecule has 0 atom stereocenters. The normalized spacial score (nSPS) is 25.1. The summed E-state index contributed by atoms with van der Waals surface area (Å²) >= 11 is 1.65. The standard InChI is InChI=1S/C16H22N4OS/c1-10-14(11-5-3-2-4-6-11)22-16(19-10)20-15(21)12-7-13(8-12)18-9-17/h11-13,18H,2-8H2,1H3,(H,19,20,21). The van der Waals surface area contributed by atoms with Crippen molar-refractivity contribution in [3.8, 4) is 6.19 Å². The molecule has 118 valence electrons. The van der Waals surface area contributed by atoms with E-state index in [1.807, 2.05) is 13.1 Å². The highest BCUT2D eigenvalue weighted by Gasteiger charge is 2.35. The Bertz CT molecular complexity index is 579. The van der Waals surface area contributed by atoms with E-state index in [9.17, 15) is 4.79 Å². The van der Waals surface area contributed by atoms with Crippen LogP contribution in [0.15, 0.2) is 0 Å². The predicted octanol–water partition coefficient (Wildman–Crippen LogP) is 3.29. The van der Waals surface area contributed by atoms with Gasteiger partial charge in [-0.15, -0.1) is 11.3 Å². The van der Waals surface area contributed by atoms with Crippen LogP contribution in [0.3, 0.4) is 0 Å². The first-order chi connectivity index (χ1) is 10.7. The molecule has 3 rings (SSSR count). The number of nitrogens with one attached hydrogen (secondary N) is 2. The Morgan fingerprint density at radius 3 is 2.73 bits per heavy atom. The van der Waals surface area contributed by atoms with Crippen molar-refractivity contribution in [3.63, 3.8) is 0 Å². The Morgan fingerprint density at radius 2 is 2.05 bits per heavy atom. The van der Waals surface area contributed by atoms with Gasteiger partial charge in [-0.25, -0.2) is 4.98 Å². The van der Waals surface area contributed by atoms with Crippen LogP contribution in [0.1, 0.15) is 61.4 Å². The molecule has 2 aliphatic rings. The first-order valence-corrected chi connectivity index (χ1v) is 8.92. The third-order valence-corrected chi connectivity index (χ3v) is 6.05. The number of aryl methyl sites for hydroxylation is 1. The molecule has 2 fully saturated rings. The zero-order valence-corrected chi connectivity index (χ0v) is 13.7. The number of hydrogen-bond acceptors (Lipinski definition) is 5. The topological polar surface area (TPSA) is 77.8 Å². The van der Waals surface area contributed by atoms with Gasteiger partial charge in [-0.1, -0.05) is 19.3 Å². The van der Waals surface area contributed by atoms with E-state index >= 15 is 0 Å². The zero-order chi connectivity index (χ0) is 15.5. The average molecular weight is 318 g/mol. The van der Waals surface area contributed by atoms with E-state index in [0.717, 1.165) is 23.7 Å². The van der Waals surface area contributed by atoms with Gasteiger partial charge in [-0.2, -0.15) is 5.26 Å². The van der Waals surface area contributed by atoms with Crippen LogP contribution >= 0.6 is 11.3 Å². The van der Waals surface area contributed by atoms with Gasteiger partial charge in [-0.3, -0.25) is 4.79 Å². The highest BCUT2D eigenvalue weighted by Crippen LogP contribution is 2.39. The van der Waals surface area contributed by atoms with Gasteiger partial charge in [0.1, 0.15) is 0 Å². The van der Waals surface area contributed by atoms with Crippen LogP contribution < -0.4 is 10.6 Å². The minimum Gasteiger partial charge on any atom is -0.321 e. The minimum absolute atomic E-state index is 0.00758. The molecular formula is C16H22N4OS. The van der Waals surface area contributed by atoms with Crippen molar-refractivity contribution in [2.75, 3.05) is 5.32 Å². The molecule has 5 nitrogen and oxygen atoms in total. The number of carbonyl (C=O) groups excluding carboxylic acids is 1. The molecule has 1 amide bonds. The van der Waals surface area contributed by atoms with Gasteiger partial charge < -0.3 is 10.6 Å². The van der Waals surface area contributed by atoms with Crippen LogP contribution in [-0.2, 0) is 4.79 Å². The average Bonchev–Trinajstić information content (AvgIpc) is 2.83. The molecule has 0 aromatic carbocycles. The molecule has 6 heteroatoms. The number of nitriles is 1. The van der Waals surface area contributed by atoms with Crippen LogP contribution in [0.4, 0.5) is 5.13 Å². The van der Waals surface area contributed by atoms with E-state index in [2.05, 4.69) is 15.6 Å². The van der Waals surface area contributed by atoms with Crippen molar-refractivity contribution in [2.24, 2.45) is 5.92 Å². The molecule has 0 spiro atoms. The van der Waals surface area contributed by atoms with Gasteiger partial charge in [0, 0.05) is 16.8 Å². The molecule has 1 aromatic heterocycles. The van der Waals surface area contributed by atoms with Crippen LogP contribution in [0.2, 0.25) is 0 Å². The van der Waals surface area contributed by atoms with Crippen LogP contribution in [0.25, 0.3) is 0 Å². The Hall–Kier alpha value is -1.61. The summed E-state index contributed by atoms with van der Waals surface area (Å²) in [6.45, 7) is 2.05. The number of amides is 1. The predicted molar refractivity (Wildman–Crippen MR) is 86.6 cm³/mol. The maximum atomic E-state index is 12.2. The Kier molecular flexibility index (Phi) is 4.63. The summed E-state index contributed by atoms with van der Waals surface area (Å²) in [6, 6.07) is 0.164. The number of thiazole rings is 1. The summed E-state index contributed by atoms with van der Waals surface area (Å²) in [5.41, 5.74) is 1.07. The number of hydrogen-bond donors (Lipinski definition) is 2. The Labute approximate surface area is 135 Å². The fourth-order valence-corrected chi connectivity index (χ4v) is 4.59. The quantitative estimate of drug-likeness (QED) is 0.659. The van der Waals surface area contributed by atoms with Gasteiger partial charge in [0.25, 0.3) is 0 Å². The summed E-state index contributed by atoms with van der Waals surface area (Å²) in [5.74, 6) is 0.679. The summed E-state index contributed by atoms with van der Waals surface area (Å²) in [6.07, 6.45) is 9.86. The number of nitrogens with zero attached hydrogens (tertiary/aromatic N) is 2. The van der Waals surface area contributed by atoms with Crippen molar-refractivity contribution < 1.29 is 4.79 Å². The summed E-state index contributed by atoms with van der Waals surface area (Å²) in [7, 11) is 0. The molecule has 0 saturated heterocycles.